The zero-order valence-corrected chi connectivity index (χ0v) is 21.7. The number of halogens is 1. The number of hydrogen-bond acceptors (Lipinski definition) is 5. The third-order valence-corrected chi connectivity index (χ3v) is 6.51. The van der Waals surface area contributed by atoms with Crippen molar-refractivity contribution in [3.8, 4) is 0 Å². The fourth-order valence-corrected chi connectivity index (χ4v) is 4.70. The summed E-state index contributed by atoms with van der Waals surface area (Å²) in [5.74, 6) is 0.855. The number of aromatic nitrogens is 1. The molecule has 8 heteroatoms. The minimum Gasteiger partial charge on any atom is -0.356 e. The van der Waals surface area contributed by atoms with E-state index in [1.54, 1.807) is 11.3 Å². The zero-order chi connectivity index (χ0) is 20.6. The summed E-state index contributed by atoms with van der Waals surface area (Å²) in [6, 6.07) is 11.4. The smallest absolute Gasteiger partial charge is 0.191 e. The molecule has 1 saturated heterocycles. The van der Waals surface area contributed by atoms with Gasteiger partial charge in [-0.3, -0.25) is 9.89 Å². The molecule has 0 aliphatic carbocycles. The second kappa shape index (κ2) is 12.6. The number of guanidine groups is 1. The minimum absolute atomic E-state index is 0. The van der Waals surface area contributed by atoms with Crippen molar-refractivity contribution in [3.05, 3.63) is 51.5 Å². The van der Waals surface area contributed by atoms with Crippen molar-refractivity contribution in [2.45, 2.75) is 32.9 Å². The van der Waals surface area contributed by atoms with E-state index in [0.717, 1.165) is 62.4 Å². The van der Waals surface area contributed by atoms with Gasteiger partial charge < -0.3 is 15.5 Å². The second-order valence-corrected chi connectivity index (χ2v) is 8.96. The molecular weight excluding hydrogens is 507 g/mol. The van der Waals surface area contributed by atoms with Crippen LogP contribution in [0, 0.1) is 13.8 Å². The molecule has 0 amide bonds. The Kier molecular flexibility index (Phi) is 10.5. The molecule has 0 bridgehead atoms. The number of piperazine rings is 1. The van der Waals surface area contributed by atoms with Gasteiger partial charge in [0.2, 0.25) is 0 Å². The number of likely N-dealkylation sites (N-methyl/N-ethyl adjacent to an activating group) is 1. The lowest BCUT2D eigenvalue weighted by Crippen LogP contribution is -2.47. The average Bonchev–Trinajstić information content (AvgIpc) is 3.06. The summed E-state index contributed by atoms with van der Waals surface area (Å²) >= 11 is 1.75. The largest absolute Gasteiger partial charge is 0.356 e. The molecule has 1 fully saturated rings. The van der Waals surface area contributed by atoms with Gasteiger partial charge >= 0.3 is 0 Å². The molecule has 1 aliphatic heterocycles. The predicted molar refractivity (Wildman–Crippen MR) is 138 cm³/mol. The molecule has 6 nitrogen and oxygen atoms in total. The molecule has 0 radical (unpaired) electrons. The van der Waals surface area contributed by atoms with Crippen LogP contribution in [-0.2, 0) is 6.54 Å². The molecule has 0 saturated carbocycles. The Balaban J connectivity index is 0.00000320. The van der Waals surface area contributed by atoms with E-state index in [9.17, 15) is 0 Å². The van der Waals surface area contributed by atoms with Crippen LogP contribution in [-0.4, -0.2) is 67.6 Å². The third-order valence-electron chi connectivity index (χ3n) is 5.43. The van der Waals surface area contributed by atoms with Crippen LogP contribution < -0.4 is 10.6 Å². The number of aliphatic imine (C=N–C) groups is 1. The van der Waals surface area contributed by atoms with E-state index in [4.69, 9.17) is 0 Å². The second-order valence-electron chi connectivity index (χ2n) is 7.67. The number of benzene rings is 1. The fraction of sp³-hybridized carbons (Fsp3) is 0.545. The van der Waals surface area contributed by atoms with Crippen LogP contribution in [0.15, 0.2) is 35.3 Å². The number of nitrogens with one attached hydrogen (secondary N) is 2. The van der Waals surface area contributed by atoms with Crippen molar-refractivity contribution in [3.63, 3.8) is 0 Å². The lowest BCUT2D eigenvalue weighted by molar-refractivity contribution is 0.0891. The van der Waals surface area contributed by atoms with E-state index in [1.807, 2.05) is 7.05 Å². The highest BCUT2D eigenvalue weighted by Crippen LogP contribution is 2.24. The van der Waals surface area contributed by atoms with Crippen LogP contribution in [0.1, 0.15) is 33.6 Å². The SMILES string of the molecule is CN=C(NCCCN1CCN(C)CC1c1ccccc1)NCc1sc(C)nc1C.I. The first-order chi connectivity index (χ1) is 14.1. The Morgan fingerprint density at radius 2 is 1.97 bits per heavy atom. The van der Waals surface area contributed by atoms with Gasteiger partial charge in [-0.1, -0.05) is 30.3 Å². The van der Waals surface area contributed by atoms with Crippen LogP contribution in [0.5, 0.6) is 0 Å². The molecule has 2 heterocycles. The molecular formula is C22H35IN6S. The van der Waals surface area contributed by atoms with Crippen LogP contribution in [0.2, 0.25) is 0 Å². The summed E-state index contributed by atoms with van der Waals surface area (Å²) in [6.45, 7) is 10.2. The van der Waals surface area contributed by atoms with Gasteiger partial charge in [-0.2, -0.15) is 0 Å². The molecule has 0 spiro atoms. The van der Waals surface area contributed by atoms with Crippen molar-refractivity contribution in [1.29, 1.82) is 0 Å². The summed E-state index contributed by atoms with van der Waals surface area (Å²) in [5.41, 5.74) is 2.53. The molecule has 1 aromatic carbocycles. The van der Waals surface area contributed by atoms with Crippen LogP contribution in [0.4, 0.5) is 0 Å². The maximum Gasteiger partial charge on any atom is 0.191 e. The number of rotatable bonds is 7. The number of aryl methyl sites for hydroxylation is 2. The molecule has 2 N–H and O–H groups in total. The Morgan fingerprint density at radius 3 is 2.63 bits per heavy atom. The summed E-state index contributed by atoms with van der Waals surface area (Å²) < 4.78 is 0. The molecule has 1 aromatic heterocycles. The standard InChI is InChI=1S/C22H34N6S.HI/c1-17-21(29-18(2)26-17)15-25-22(23-3)24-11-8-12-28-14-13-27(4)16-20(28)19-9-6-5-7-10-19;/h5-7,9-10,20H,8,11-16H2,1-4H3,(H2,23,24,25);1H. The van der Waals surface area contributed by atoms with Gasteiger partial charge in [0.25, 0.3) is 0 Å². The van der Waals surface area contributed by atoms with E-state index in [-0.39, 0.29) is 24.0 Å². The first-order valence-electron chi connectivity index (χ1n) is 10.4. The van der Waals surface area contributed by atoms with Gasteiger partial charge in [0, 0.05) is 50.7 Å². The Bertz CT molecular complexity index is 794. The molecule has 1 atom stereocenters. The Morgan fingerprint density at radius 1 is 1.20 bits per heavy atom. The number of hydrogen-bond donors (Lipinski definition) is 2. The minimum atomic E-state index is 0. The van der Waals surface area contributed by atoms with Crippen molar-refractivity contribution in [1.82, 2.24) is 25.4 Å². The quantitative estimate of drug-likeness (QED) is 0.243. The highest BCUT2D eigenvalue weighted by molar-refractivity contribution is 14.0. The summed E-state index contributed by atoms with van der Waals surface area (Å²) in [6.07, 6.45) is 1.09. The first-order valence-corrected chi connectivity index (χ1v) is 11.2. The molecule has 1 unspecified atom stereocenters. The van der Waals surface area contributed by atoms with Gasteiger partial charge in [0.1, 0.15) is 0 Å². The van der Waals surface area contributed by atoms with Crippen LogP contribution >= 0.6 is 35.3 Å². The Hall–Kier alpha value is -1.23. The number of thiazole rings is 1. The van der Waals surface area contributed by atoms with Crippen LogP contribution in [0.25, 0.3) is 0 Å². The van der Waals surface area contributed by atoms with Crippen molar-refractivity contribution in [2.75, 3.05) is 46.8 Å². The average molecular weight is 543 g/mol. The summed E-state index contributed by atoms with van der Waals surface area (Å²) in [7, 11) is 4.04. The van der Waals surface area contributed by atoms with Gasteiger partial charge in [-0.05, 0) is 32.9 Å². The van der Waals surface area contributed by atoms with Gasteiger partial charge in [0.15, 0.2) is 5.96 Å². The molecule has 3 rings (SSSR count). The molecule has 30 heavy (non-hydrogen) atoms. The highest BCUT2D eigenvalue weighted by atomic mass is 127. The molecule has 1 aliphatic rings. The maximum absolute atomic E-state index is 4.49. The van der Waals surface area contributed by atoms with Crippen molar-refractivity contribution >= 4 is 41.3 Å². The summed E-state index contributed by atoms with van der Waals surface area (Å²) in [4.78, 5) is 15.2. The zero-order valence-electron chi connectivity index (χ0n) is 18.5. The lowest BCUT2D eigenvalue weighted by Gasteiger charge is -2.40. The predicted octanol–water partition coefficient (Wildman–Crippen LogP) is 3.42. The van der Waals surface area contributed by atoms with Gasteiger partial charge in [-0.15, -0.1) is 35.3 Å². The summed E-state index contributed by atoms with van der Waals surface area (Å²) in [5, 5.41) is 7.98. The van der Waals surface area contributed by atoms with E-state index in [0.29, 0.717) is 6.04 Å². The van der Waals surface area contributed by atoms with Crippen molar-refractivity contribution in [2.24, 2.45) is 4.99 Å². The first kappa shape index (κ1) is 25.0. The van der Waals surface area contributed by atoms with Crippen LogP contribution in [0.3, 0.4) is 0 Å². The normalized spacial score (nSPS) is 18.1. The van der Waals surface area contributed by atoms with E-state index >= 15 is 0 Å². The van der Waals surface area contributed by atoms with Gasteiger partial charge in [0.05, 0.1) is 17.2 Å². The lowest BCUT2D eigenvalue weighted by atomic mass is 10.0. The fourth-order valence-electron chi connectivity index (χ4n) is 3.83. The third kappa shape index (κ3) is 7.18. The Labute approximate surface area is 202 Å². The van der Waals surface area contributed by atoms with Crippen molar-refractivity contribution < 1.29 is 0 Å². The van der Waals surface area contributed by atoms with E-state index in [2.05, 4.69) is 81.6 Å². The topological polar surface area (TPSA) is 55.8 Å². The van der Waals surface area contributed by atoms with Gasteiger partial charge in [-0.25, -0.2) is 4.98 Å². The highest BCUT2D eigenvalue weighted by Gasteiger charge is 2.25. The molecule has 2 aromatic rings. The molecule has 166 valence electrons. The number of nitrogens with zero attached hydrogens (tertiary/aromatic N) is 4. The monoisotopic (exact) mass is 542 g/mol. The van der Waals surface area contributed by atoms with E-state index < -0.39 is 0 Å². The maximum atomic E-state index is 4.49. The van der Waals surface area contributed by atoms with E-state index in [1.165, 1.54) is 10.4 Å².